The van der Waals surface area contributed by atoms with Crippen molar-refractivity contribution in [1.82, 2.24) is 15.0 Å². The van der Waals surface area contributed by atoms with Crippen molar-refractivity contribution in [2.45, 2.75) is 24.9 Å². The second-order valence-electron chi connectivity index (χ2n) is 7.06. The average molecular weight is 450 g/mol. The van der Waals surface area contributed by atoms with E-state index in [4.69, 9.17) is 0 Å². The molecule has 0 saturated heterocycles. The van der Waals surface area contributed by atoms with E-state index in [0.717, 1.165) is 33.5 Å². The van der Waals surface area contributed by atoms with E-state index >= 15 is 0 Å². The minimum Gasteiger partial charge on any atom is -0.347 e. The standard InChI is InChI=1S/C23H23N5OS2/c1-3-16-9-11-18(12-10-16)26-19(29)14-30-22-20-21(24-15-25-22)27-23(31-20)28(2)13-17-7-5-4-6-8-17/h4-12,15H,3,13-14H2,1-2H3,(H,26,29). The maximum absolute atomic E-state index is 12.4. The summed E-state index contributed by atoms with van der Waals surface area (Å²) in [5.41, 5.74) is 3.92. The molecule has 0 aliphatic heterocycles. The second-order valence-corrected chi connectivity index (χ2v) is 9.00. The third-order valence-corrected chi connectivity index (χ3v) is 7.01. The van der Waals surface area contributed by atoms with Gasteiger partial charge in [0.05, 0.1) is 5.75 Å². The van der Waals surface area contributed by atoms with E-state index in [1.165, 1.54) is 29.2 Å². The lowest BCUT2D eigenvalue weighted by molar-refractivity contribution is -0.113. The Kier molecular flexibility index (Phi) is 6.79. The number of hydrogen-bond donors (Lipinski definition) is 1. The molecular weight excluding hydrogens is 426 g/mol. The van der Waals surface area contributed by atoms with Gasteiger partial charge in [-0.15, -0.1) is 0 Å². The predicted molar refractivity (Wildman–Crippen MR) is 129 cm³/mol. The number of hydrogen-bond acceptors (Lipinski definition) is 7. The van der Waals surface area contributed by atoms with Gasteiger partial charge in [-0.2, -0.15) is 4.98 Å². The molecule has 0 bridgehead atoms. The molecule has 0 spiro atoms. The first-order valence-electron chi connectivity index (χ1n) is 10.0. The van der Waals surface area contributed by atoms with Crippen LogP contribution in [-0.4, -0.2) is 33.7 Å². The minimum absolute atomic E-state index is 0.0630. The summed E-state index contributed by atoms with van der Waals surface area (Å²) in [5, 5.41) is 4.59. The van der Waals surface area contributed by atoms with Crippen molar-refractivity contribution in [3.05, 3.63) is 72.1 Å². The molecule has 1 N–H and O–H groups in total. The summed E-state index contributed by atoms with van der Waals surface area (Å²) in [7, 11) is 2.02. The molecule has 0 aliphatic carbocycles. The number of nitrogens with one attached hydrogen (secondary N) is 1. The lowest BCUT2D eigenvalue weighted by Gasteiger charge is -2.15. The number of nitrogens with zero attached hydrogens (tertiary/aromatic N) is 4. The Bertz CT molecular complexity index is 1160. The molecule has 4 aromatic rings. The fraction of sp³-hybridized carbons (Fsp3) is 0.217. The van der Waals surface area contributed by atoms with Gasteiger partial charge in [-0.1, -0.05) is 72.5 Å². The van der Waals surface area contributed by atoms with E-state index in [0.29, 0.717) is 5.65 Å². The highest BCUT2D eigenvalue weighted by Gasteiger charge is 2.15. The number of amides is 1. The molecule has 2 aromatic heterocycles. The molecule has 0 saturated carbocycles. The number of carbonyl (C=O) groups is 1. The largest absolute Gasteiger partial charge is 0.347 e. The summed E-state index contributed by atoms with van der Waals surface area (Å²) in [5.74, 6) is 0.210. The monoisotopic (exact) mass is 449 g/mol. The zero-order valence-electron chi connectivity index (χ0n) is 17.4. The number of aromatic nitrogens is 3. The van der Waals surface area contributed by atoms with Gasteiger partial charge >= 0.3 is 0 Å². The zero-order chi connectivity index (χ0) is 21.6. The van der Waals surface area contributed by atoms with E-state index in [2.05, 4.69) is 44.2 Å². The quantitative estimate of drug-likeness (QED) is 0.301. The number of thiazole rings is 1. The highest BCUT2D eigenvalue weighted by atomic mass is 32.2. The van der Waals surface area contributed by atoms with Crippen molar-refractivity contribution in [2.75, 3.05) is 23.0 Å². The Hall–Kier alpha value is -2.97. The summed E-state index contributed by atoms with van der Waals surface area (Å²) in [4.78, 5) is 27.9. The Morgan fingerprint density at radius 3 is 2.58 bits per heavy atom. The minimum atomic E-state index is -0.0630. The van der Waals surface area contributed by atoms with Crippen molar-refractivity contribution in [3.8, 4) is 0 Å². The van der Waals surface area contributed by atoms with Gasteiger partial charge in [-0.05, 0) is 29.7 Å². The maximum Gasteiger partial charge on any atom is 0.234 e. The molecular formula is C23H23N5OS2. The van der Waals surface area contributed by atoms with E-state index in [-0.39, 0.29) is 11.7 Å². The first-order valence-corrected chi connectivity index (χ1v) is 11.8. The normalized spacial score (nSPS) is 10.9. The summed E-state index contributed by atoms with van der Waals surface area (Å²) in [6.07, 6.45) is 2.48. The Morgan fingerprint density at radius 1 is 1.06 bits per heavy atom. The van der Waals surface area contributed by atoms with Gasteiger partial charge in [-0.25, -0.2) is 9.97 Å². The van der Waals surface area contributed by atoms with Gasteiger partial charge in [0.25, 0.3) is 0 Å². The first kappa shape index (κ1) is 21.3. The third-order valence-electron chi connectivity index (χ3n) is 4.72. The summed E-state index contributed by atoms with van der Waals surface area (Å²) in [6.45, 7) is 2.87. The SMILES string of the molecule is CCc1ccc(NC(=O)CSc2ncnc3nc(N(C)Cc4ccccc4)sc23)cc1. The molecule has 2 heterocycles. The molecule has 6 nitrogen and oxygen atoms in total. The Balaban J connectivity index is 1.42. The van der Waals surface area contributed by atoms with Crippen LogP contribution < -0.4 is 10.2 Å². The van der Waals surface area contributed by atoms with Gasteiger partial charge in [0.2, 0.25) is 5.91 Å². The van der Waals surface area contributed by atoms with Gasteiger partial charge in [0.15, 0.2) is 10.8 Å². The van der Waals surface area contributed by atoms with Crippen molar-refractivity contribution >= 4 is 50.2 Å². The molecule has 8 heteroatoms. The van der Waals surface area contributed by atoms with Crippen LogP contribution in [-0.2, 0) is 17.8 Å². The summed E-state index contributed by atoms with van der Waals surface area (Å²) < 4.78 is 0.905. The van der Waals surface area contributed by atoms with Crippen LogP contribution in [0.5, 0.6) is 0 Å². The summed E-state index contributed by atoms with van der Waals surface area (Å²) in [6, 6.07) is 18.2. The number of thioether (sulfide) groups is 1. The van der Waals surface area contributed by atoms with E-state index in [9.17, 15) is 4.79 Å². The average Bonchev–Trinajstić information content (AvgIpc) is 3.24. The molecule has 0 atom stereocenters. The fourth-order valence-electron chi connectivity index (χ4n) is 3.07. The number of anilines is 2. The molecule has 0 unspecified atom stereocenters. The van der Waals surface area contributed by atoms with E-state index in [1.807, 2.05) is 49.5 Å². The molecule has 4 rings (SSSR count). The van der Waals surface area contributed by atoms with Crippen LogP contribution in [0, 0.1) is 0 Å². The zero-order valence-corrected chi connectivity index (χ0v) is 19.0. The van der Waals surface area contributed by atoms with Gasteiger partial charge in [0, 0.05) is 19.3 Å². The van der Waals surface area contributed by atoms with Gasteiger partial charge in [-0.3, -0.25) is 4.79 Å². The number of carbonyl (C=O) groups excluding carboxylic acids is 1. The number of benzene rings is 2. The number of fused-ring (bicyclic) bond motifs is 1. The van der Waals surface area contributed by atoms with Crippen LogP contribution in [0.25, 0.3) is 10.3 Å². The van der Waals surface area contributed by atoms with Crippen LogP contribution in [0.15, 0.2) is 66.0 Å². The van der Waals surface area contributed by atoms with Crippen LogP contribution in [0.3, 0.4) is 0 Å². The molecule has 31 heavy (non-hydrogen) atoms. The topological polar surface area (TPSA) is 71.0 Å². The molecule has 0 radical (unpaired) electrons. The lowest BCUT2D eigenvalue weighted by atomic mass is 10.1. The first-order chi connectivity index (χ1) is 15.1. The van der Waals surface area contributed by atoms with Crippen LogP contribution in [0.4, 0.5) is 10.8 Å². The van der Waals surface area contributed by atoms with Crippen LogP contribution >= 0.6 is 23.1 Å². The fourth-order valence-corrected chi connectivity index (χ4v) is 4.92. The molecule has 0 fully saturated rings. The van der Waals surface area contributed by atoms with Crippen molar-refractivity contribution in [1.29, 1.82) is 0 Å². The third kappa shape index (κ3) is 5.39. The maximum atomic E-state index is 12.4. The summed E-state index contributed by atoms with van der Waals surface area (Å²) >= 11 is 2.95. The molecule has 0 aliphatic rings. The van der Waals surface area contributed by atoms with Crippen LogP contribution in [0.2, 0.25) is 0 Å². The molecule has 2 aromatic carbocycles. The van der Waals surface area contributed by atoms with E-state index < -0.39 is 0 Å². The lowest BCUT2D eigenvalue weighted by Crippen LogP contribution is -2.15. The van der Waals surface area contributed by atoms with Crippen molar-refractivity contribution < 1.29 is 4.79 Å². The van der Waals surface area contributed by atoms with Crippen molar-refractivity contribution in [2.24, 2.45) is 0 Å². The number of aryl methyl sites for hydroxylation is 1. The second kappa shape index (κ2) is 9.89. The van der Waals surface area contributed by atoms with Gasteiger partial charge in [0.1, 0.15) is 16.1 Å². The van der Waals surface area contributed by atoms with Crippen LogP contribution in [0.1, 0.15) is 18.1 Å². The highest BCUT2D eigenvalue weighted by Crippen LogP contribution is 2.33. The molecule has 158 valence electrons. The number of rotatable bonds is 8. The van der Waals surface area contributed by atoms with Gasteiger partial charge < -0.3 is 10.2 Å². The smallest absolute Gasteiger partial charge is 0.234 e. The Labute approximate surface area is 189 Å². The Morgan fingerprint density at radius 2 is 1.84 bits per heavy atom. The van der Waals surface area contributed by atoms with E-state index in [1.54, 1.807) is 11.3 Å². The highest BCUT2D eigenvalue weighted by molar-refractivity contribution is 8.00. The molecule has 1 amide bonds. The predicted octanol–water partition coefficient (Wildman–Crippen LogP) is 5.02. The van der Waals surface area contributed by atoms with Crippen molar-refractivity contribution in [3.63, 3.8) is 0 Å².